The van der Waals surface area contributed by atoms with E-state index >= 15 is 0 Å². The Hall–Kier alpha value is 0.177. The Kier molecular flexibility index (Phi) is 4.21. The summed E-state index contributed by atoms with van der Waals surface area (Å²) in [6.07, 6.45) is 2.33. The molecule has 0 aromatic rings. The molecule has 0 aliphatic heterocycles. The number of hydrogen-bond donors (Lipinski definition) is 0. The standard InChI is InChI=1S/C8H19OSi/c1-5-7(6-2)8(3,4)10-9/h7H,5-6,10H2,1-4H3. The summed E-state index contributed by atoms with van der Waals surface area (Å²) in [5, 5.41) is 0.142. The van der Waals surface area contributed by atoms with Gasteiger partial charge in [-0.05, 0) is 11.0 Å². The Morgan fingerprint density at radius 3 is 1.80 bits per heavy atom. The van der Waals surface area contributed by atoms with Crippen LogP contribution < -0.4 is 0 Å². The zero-order chi connectivity index (χ0) is 8.20. The molecule has 0 rings (SSSR count). The molecule has 0 aromatic carbocycles. The highest BCUT2D eigenvalue weighted by atomic mass is 28.2. The first-order valence-electron chi connectivity index (χ1n) is 4.16. The van der Waals surface area contributed by atoms with E-state index < -0.39 is 9.76 Å². The zero-order valence-electron chi connectivity index (χ0n) is 7.61. The third-order valence-corrected chi connectivity index (χ3v) is 3.78. The highest BCUT2D eigenvalue weighted by Gasteiger charge is 2.26. The fourth-order valence-electron chi connectivity index (χ4n) is 1.51. The molecule has 0 amide bonds. The van der Waals surface area contributed by atoms with Crippen LogP contribution in [-0.2, 0) is 4.80 Å². The van der Waals surface area contributed by atoms with Crippen LogP contribution in [0, 0.1) is 5.92 Å². The van der Waals surface area contributed by atoms with Crippen LogP contribution >= 0.6 is 0 Å². The smallest absolute Gasteiger partial charge is 0.212 e. The summed E-state index contributed by atoms with van der Waals surface area (Å²) in [5.74, 6) is 0.664. The summed E-state index contributed by atoms with van der Waals surface area (Å²) < 4.78 is 0. The normalized spacial score (nSPS) is 13.8. The van der Waals surface area contributed by atoms with Crippen molar-refractivity contribution in [2.45, 2.75) is 45.6 Å². The third-order valence-electron chi connectivity index (χ3n) is 2.46. The van der Waals surface area contributed by atoms with Gasteiger partial charge in [-0.1, -0.05) is 40.5 Å². The molecule has 0 spiro atoms. The maximum Gasteiger partial charge on any atom is 0.212 e. The molecule has 0 unspecified atom stereocenters. The van der Waals surface area contributed by atoms with E-state index in [2.05, 4.69) is 27.7 Å². The van der Waals surface area contributed by atoms with Gasteiger partial charge in [0, 0.05) is 0 Å². The van der Waals surface area contributed by atoms with E-state index in [-0.39, 0.29) is 5.04 Å². The first-order valence-corrected chi connectivity index (χ1v) is 5.45. The van der Waals surface area contributed by atoms with Crippen molar-refractivity contribution in [1.82, 2.24) is 0 Å². The van der Waals surface area contributed by atoms with Crippen LogP contribution in [-0.4, -0.2) is 9.76 Å². The Labute approximate surface area is 66.8 Å². The van der Waals surface area contributed by atoms with Gasteiger partial charge in [0.2, 0.25) is 9.76 Å². The summed E-state index contributed by atoms with van der Waals surface area (Å²) in [5.41, 5.74) is 0. The van der Waals surface area contributed by atoms with Crippen molar-refractivity contribution in [3.05, 3.63) is 0 Å². The van der Waals surface area contributed by atoms with Crippen molar-refractivity contribution in [2.24, 2.45) is 5.92 Å². The van der Waals surface area contributed by atoms with Crippen molar-refractivity contribution in [2.75, 3.05) is 0 Å². The maximum atomic E-state index is 10.8. The van der Waals surface area contributed by atoms with Gasteiger partial charge in [0.25, 0.3) is 0 Å². The molecule has 61 valence electrons. The van der Waals surface area contributed by atoms with Gasteiger partial charge in [-0.25, -0.2) is 0 Å². The average molecular weight is 159 g/mol. The molecule has 0 saturated carbocycles. The predicted octanol–water partition coefficient (Wildman–Crippen LogP) is 2.14. The molecule has 2 heteroatoms. The van der Waals surface area contributed by atoms with Gasteiger partial charge in [0.15, 0.2) is 0 Å². The van der Waals surface area contributed by atoms with Gasteiger partial charge in [0.05, 0.1) is 0 Å². The minimum absolute atomic E-state index is 0.142. The van der Waals surface area contributed by atoms with Crippen molar-refractivity contribution >= 4 is 9.76 Å². The number of rotatable bonds is 4. The van der Waals surface area contributed by atoms with E-state index in [1.54, 1.807) is 0 Å². The van der Waals surface area contributed by atoms with Crippen LogP contribution in [0.15, 0.2) is 0 Å². The second kappa shape index (κ2) is 4.14. The van der Waals surface area contributed by atoms with Crippen molar-refractivity contribution < 1.29 is 4.80 Å². The molecule has 10 heavy (non-hydrogen) atoms. The van der Waals surface area contributed by atoms with Gasteiger partial charge < -0.3 is 4.80 Å². The summed E-state index contributed by atoms with van der Waals surface area (Å²) in [6.45, 7) is 8.62. The average Bonchev–Trinajstić information content (AvgIpc) is 1.90. The molecule has 0 saturated heterocycles. The molecule has 0 N–H and O–H groups in total. The Morgan fingerprint density at radius 1 is 1.30 bits per heavy atom. The molecular weight excluding hydrogens is 140 g/mol. The van der Waals surface area contributed by atoms with E-state index in [9.17, 15) is 4.80 Å². The minimum atomic E-state index is -1.08. The highest BCUT2D eigenvalue weighted by Crippen LogP contribution is 2.36. The molecule has 0 bridgehead atoms. The second-order valence-electron chi connectivity index (χ2n) is 3.65. The van der Waals surface area contributed by atoms with E-state index in [1.807, 2.05) is 0 Å². The Bertz CT molecular complexity index is 87.3. The molecule has 1 nitrogen and oxygen atoms in total. The van der Waals surface area contributed by atoms with Crippen LogP contribution in [0.25, 0.3) is 0 Å². The monoisotopic (exact) mass is 159 g/mol. The van der Waals surface area contributed by atoms with E-state index in [0.717, 1.165) is 0 Å². The summed E-state index contributed by atoms with van der Waals surface area (Å²) in [7, 11) is -1.08. The van der Waals surface area contributed by atoms with Gasteiger partial charge in [-0.2, -0.15) is 0 Å². The van der Waals surface area contributed by atoms with E-state index in [4.69, 9.17) is 0 Å². The molecule has 0 aliphatic carbocycles. The lowest BCUT2D eigenvalue weighted by Crippen LogP contribution is -2.21. The van der Waals surface area contributed by atoms with Crippen molar-refractivity contribution in [1.29, 1.82) is 0 Å². The van der Waals surface area contributed by atoms with Gasteiger partial charge >= 0.3 is 0 Å². The lowest BCUT2D eigenvalue weighted by molar-refractivity contribution is 0.329. The molecule has 0 aliphatic rings. The van der Waals surface area contributed by atoms with E-state index in [1.165, 1.54) is 12.8 Å². The Balaban J connectivity index is 3.97. The van der Waals surface area contributed by atoms with Gasteiger partial charge in [0.1, 0.15) is 0 Å². The third kappa shape index (κ3) is 2.43. The molecule has 0 atom stereocenters. The van der Waals surface area contributed by atoms with Crippen molar-refractivity contribution in [3.63, 3.8) is 0 Å². The lowest BCUT2D eigenvalue weighted by atomic mass is 9.90. The largest absolute Gasteiger partial charge is 0.306 e. The fourth-order valence-corrected chi connectivity index (χ4v) is 2.32. The molecule has 1 radical (unpaired) electrons. The molecule has 0 aromatic heterocycles. The first-order chi connectivity index (χ1) is 4.58. The molecule has 0 heterocycles. The molecule has 0 fully saturated rings. The lowest BCUT2D eigenvalue weighted by Gasteiger charge is -2.29. The van der Waals surface area contributed by atoms with Crippen LogP contribution in [0.1, 0.15) is 40.5 Å². The molecular formula is C8H19OSi. The highest BCUT2D eigenvalue weighted by molar-refractivity contribution is 6.29. The Morgan fingerprint density at radius 2 is 1.70 bits per heavy atom. The van der Waals surface area contributed by atoms with Gasteiger partial charge in [-0.3, -0.25) is 0 Å². The quantitative estimate of drug-likeness (QED) is 0.560. The van der Waals surface area contributed by atoms with Crippen LogP contribution in [0.3, 0.4) is 0 Å². The van der Waals surface area contributed by atoms with Crippen molar-refractivity contribution in [3.8, 4) is 0 Å². The van der Waals surface area contributed by atoms with E-state index in [0.29, 0.717) is 5.92 Å². The second-order valence-corrected chi connectivity index (χ2v) is 5.76. The SMILES string of the molecule is CCC(CC)C(C)(C)[SiH2][O]. The van der Waals surface area contributed by atoms with Gasteiger partial charge in [-0.15, -0.1) is 0 Å². The summed E-state index contributed by atoms with van der Waals surface area (Å²) in [6, 6.07) is 0. The zero-order valence-corrected chi connectivity index (χ0v) is 9.02. The summed E-state index contributed by atoms with van der Waals surface area (Å²) in [4.78, 5) is 10.8. The summed E-state index contributed by atoms with van der Waals surface area (Å²) >= 11 is 0. The van der Waals surface area contributed by atoms with Crippen LogP contribution in [0.4, 0.5) is 0 Å². The minimum Gasteiger partial charge on any atom is -0.306 e. The first kappa shape index (κ1) is 10.2. The maximum absolute atomic E-state index is 10.8. The number of hydrogen-bond acceptors (Lipinski definition) is 0. The predicted molar refractivity (Wildman–Crippen MR) is 47.3 cm³/mol. The fraction of sp³-hybridized carbons (Fsp3) is 1.00. The topological polar surface area (TPSA) is 19.9 Å². The van der Waals surface area contributed by atoms with Crippen LogP contribution in [0.2, 0.25) is 5.04 Å². The van der Waals surface area contributed by atoms with Crippen LogP contribution in [0.5, 0.6) is 0 Å².